The van der Waals surface area contributed by atoms with Crippen LogP contribution in [0.1, 0.15) is 34.7 Å². The molecule has 2 aromatic heterocycles. The van der Waals surface area contributed by atoms with E-state index in [1.54, 1.807) is 4.68 Å². The minimum absolute atomic E-state index is 0.00593. The topological polar surface area (TPSA) is 64.7 Å². The standard InChI is InChI=1S/C18H18ClN5O/c1-11-17-15(13-8-20-23(2)10-13)7-16(25)21-18(17)24(22-11)9-12-4-3-5-14(19)6-12/h3-6,8,10,15H,7,9H2,1-2H3,(H,21,25). The lowest BCUT2D eigenvalue weighted by Crippen LogP contribution is -2.25. The Balaban J connectivity index is 1.76. The quantitative estimate of drug-likeness (QED) is 0.785. The second-order valence-electron chi connectivity index (χ2n) is 6.39. The molecule has 3 aromatic rings. The first-order valence-electron chi connectivity index (χ1n) is 8.11. The molecular weight excluding hydrogens is 338 g/mol. The number of nitrogens with zero attached hydrogens (tertiary/aromatic N) is 4. The zero-order chi connectivity index (χ0) is 17.6. The highest BCUT2D eigenvalue weighted by molar-refractivity contribution is 6.30. The lowest BCUT2D eigenvalue weighted by molar-refractivity contribution is -0.116. The number of benzene rings is 1. The summed E-state index contributed by atoms with van der Waals surface area (Å²) in [5.41, 5.74) is 4.06. The molecule has 1 atom stereocenters. The number of nitrogens with one attached hydrogen (secondary N) is 1. The van der Waals surface area contributed by atoms with E-state index in [-0.39, 0.29) is 11.8 Å². The molecule has 0 fully saturated rings. The molecule has 1 unspecified atom stereocenters. The highest BCUT2D eigenvalue weighted by Crippen LogP contribution is 2.39. The number of anilines is 1. The van der Waals surface area contributed by atoms with E-state index in [9.17, 15) is 4.79 Å². The molecule has 7 heteroatoms. The van der Waals surface area contributed by atoms with Gasteiger partial charge in [-0.25, -0.2) is 4.68 Å². The van der Waals surface area contributed by atoms with Crippen LogP contribution in [-0.4, -0.2) is 25.5 Å². The summed E-state index contributed by atoms with van der Waals surface area (Å²) in [7, 11) is 1.88. The number of rotatable bonds is 3. The maximum Gasteiger partial charge on any atom is 0.226 e. The molecule has 0 bridgehead atoms. The Hall–Kier alpha value is -2.60. The molecule has 1 aromatic carbocycles. The number of hydrogen-bond acceptors (Lipinski definition) is 3. The molecule has 0 radical (unpaired) electrons. The number of amides is 1. The van der Waals surface area contributed by atoms with E-state index in [0.717, 1.165) is 28.2 Å². The van der Waals surface area contributed by atoms with Gasteiger partial charge in [0.05, 0.1) is 18.4 Å². The predicted molar refractivity (Wildman–Crippen MR) is 95.8 cm³/mol. The molecule has 3 heterocycles. The van der Waals surface area contributed by atoms with E-state index in [0.29, 0.717) is 18.0 Å². The number of carbonyl (C=O) groups excluding carboxylic acids is 1. The number of halogens is 1. The van der Waals surface area contributed by atoms with Crippen molar-refractivity contribution in [2.75, 3.05) is 5.32 Å². The monoisotopic (exact) mass is 355 g/mol. The lowest BCUT2D eigenvalue weighted by Gasteiger charge is -2.23. The van der Waals surface area contributed by atoms with Crippen molar-refractivity contribution < 1.29 is 4.79 Å². The molecule has 4 rings (SSSR count). The maximum atomic E-state index is 12.3. The van der Waals surface area contributed by atoms with Crippen LogP contribution in [0.3, 0.4) is 0 Å². The van der Waals surface area contributed by atoms with E-state index >= 15 is 0 Å². The van der Waals surface area contributed by atoms with Gasteiger partial charge in [0.15, 0.2) is 0 Å². The third-order valence-corrected chi connectivity index (χ3v) is 4.75. The van der Waals surface area contributed by atoms with Crippen LogP contribution in [-0.2, 0) is 18.4 Å². The lowest BCUT2D eigenvalue weighted by atomic mass is 9.87. The van der Waals surface area contributed by atoms with Crippen LogP contribution in [0.5, 0.6) is 0 Å². The van der Waals surface area contributed by atoms with Gasteiger partial charge in [-0.3, -0.25) is 9.48 Å². The van der Waals surface area contributed by atoms with Crippen molar-refractivity contribution in [1.82, 2.24) is 19.6 Å². The van der Waals surface area contributed by atoms with Gasteiger partial charge in [0, 0.05) is 36.2 Å². The van der Waals surface area contributed by atoms with Gasteiger partial charge in [0.2, 0.25) is 5.91 Å². The SMILES string of the molecule is Cc1nn(Cc2cccc(Cl)c2)c2c1C(c1cnn(C)c1)CC(=O)N2. The molecule has 0 aliphatic carbocycles. The molecule has 128 valence electrons. The van der Waals surface area contributed by atoms with Crippen molar-refractivity contribution in [2.45, 2.75) is 25.8 Å². The highest BCUT2D eigenvalue weighted by atomic mass is 35.5. The van der Waals surface area contributed by atoms with Gasteiger partial charge in [-0.05, 0) is 30.2 Å². The first kappa shape index (κ1) is 15.9. The normalized spacial score (nSPS) is 16.6. The molecule has 6 nitrogen and oxygen atoms in total. The summed E-state index contributed by atoms with van der Waals surface area (Å²) in [5.74, 6) is 0.738. The van der Waals surface area contributed by atoms with Crippen molar-refractivity contribution >= 4 is 23.3 Å². The number of fused-ring (bicyclic) bond motifs is 1. The molecule has 1 aliphatic rings. The number of hydrogen-bond donors (Lipinski definition) is 1. The third kappa shape index (κ3) is 2.93. The molecule has 0 spiro atoms. The Morgan fingerprint density at radius 3 is 2.96 bits per heavy atom. The van der Waals surface area contributed by atoms with Gasteiger partial charge in [0.25, 0.3) is 0 Å². The van der Waals surface area contributed by atoms with Crippen molar-refractivity contribution in [1.29, 1.82) is 0 Å². The summed E-state index contributed by atoms with van der Waals surface area (Å²) in [4.78, 5) is 12.3. The molecule has 1 aliphatic heterocycles. The summed E-state index contributed by atoms with van der Waals surface area (Å²) < 4.78 is 3.60. The average molecular weight is 356 g/mol. The zero-order valence-corrected chi connectivity index (χ0v) is 14.8. The second-order valence-corrected chi connectivity index (χ2v) is 6.82. The van der Waals surface area contributed by atoms with Gasteiger partial charge < -0.3 is 5.32 Å². The fourth-order valence-electron chi connectivity index (χ4n) is 3.44. The van der Waals surface area contributed by atoms with Crippen LogP contribution < -0.4 is 5.32 Å². The van der Waals surface area contributed by atoms with E-state index in [2.05, 4.69) is 15.5 Å². The fraction of sp³-hybridized carbons (Fsp3) is 0.278. The molecule has 1 amide bonds. The molecule has 0 saturated heterocycles. The Morgan fingerprint density at radius 2 is 2.24 bits per heavy atom. The van der Waals surface area contributed by atoms with E-state index in [1.165, 1.54) is 0 Å². The van der Waals surface area contributed by atoms with Gasteiger partial charge in [-0.1, -0.05) is 23.7 Å². The van der Waals surface area contributed by atoms with Crippen LogP contribution in [0.15, 0.2) is 36.7 Å². The number of aromatic nitrogens is 4. The van der Waals surface area contributed by atoms with Gasteiger partial charge in [-0.15, -0.1) is 0 Å². The van der Waals surface area contributed by atoms with Crippen LogP contribution >= 0.6 is 11.6 Å². The van der Waals surface area contributed by atoms with Gasteiger partial charge in [0.1, 0.15) is 5.82 Å². The van der Waals surface area contributed by atoms with Crippen molar-refractivity contribution in [3.05, 3.63) is 64.1 Å². The third-order valence-electron chi connectivity index (χ3n) is 4.52. The Labute approximate surface area is 150 Å². The highest BCUT2D eigenvalue weighted by Gasteiger charge is 2.32. The van der Waals surface area contributed by atoms with Crippen molar-refractivity contribution in [2.24, 2.45) is 7.05 Å². The summed E-state index contributed by atoms with van der Waals surface area (Å²) in [5, 5.41) is 12.6. The summed E-state index contributed by atoms with van der Waals surface area (Å²) in [6.45, 7) is 2.53. The smallest absolute Gasteiger partial charge is 0.226 e. The van der Waals surface area contributed by atoms with Crippen LogP contribution in [0.4, 0.5) is 5.82 Å². The minimum atomic E-state index is -0.0226. The van der Waals surface area contributed by atoms with Crippen molar-refractivity contribution in [3.8, 4) is 0 Å². The molecular formula is C18H18ClN5O. The second kappa shape index (κ2) is 6.04. The largest absolute Gasteiger partial charge is 0.311 e. The van der Waals surface area contributed by atoms with E-state index in [4.69, 9.17) is 11.6 Å². The van der Waals surface area contributed by atoms with E-state index in [1.807, 2.05) is 55.3 Å². The molecule has 1 N–H and O–H groups in total. The van der Waals surface area contributed by atoms with Crippen LogP contribution in [0.25, 0.3) is 0 Å². The van der Waals surface area contributed by atoms with Crippen LogP contribution in [0.2, 0.25) is 5.02 Å². The summed E-state index contributed by atoms with van der Waals surface area (Å²) in [6.07, 6.45) is 4.18. The average Bonchev–Trinajstić information content (AvgIpc) is 3.11. The summed E-state index contributed by atoms with van der Waals surface area (Å²) >= 11 is 6.08. The van der Waals surface area contributed by atoms with Gasteiger partial charge in [-0.2, -0.15) is 10.2 Å². The van der Waals surface area contributed by atoms with Gasteiger partial charge >= 0.3 is 0 Å². The van der Waals surface area contributed by atoms with Crippen LogP contribution in [0, 0.1) is 6.92 Å². The minimum Gasteiger partial charge on any atom is -0.311 e. The Bertz CT molecular complexity index is 958. The van der Waals surface area contributed by atoms with Crippen molar-refractivity contribution in [3.63, 3.8) is 0 Å². The number of aryl methyl sites for hydroxylation is 2. The molecule has 0 saturated carbocycles. The molecule has 25 heavy (non-hydrogen) atoms. The Kier molecular flexibility index (Phi) is 3.84. The predicted octanol–water partition coefficient (Wildman–Crippen LogP) is 3.10. The first-order chi connectivity index (χ1) is 12.0. The maximum absolute atomic E-state index is 12.3. The number of carbonyl (C=O) groups is 1. The first-order valence-corrected chi connectivity index (χ1v) is 8.49. The fourth-order valence-corrected chi connectivity index (χ4v) is 3.66. The van der Waals surface area contributed by atoms with E-state index < -0.39 is 0 Å². The zero-order valence-electron chi connectivity index (χ0n) is 14.0. The summed E-state index contributed by atoms with van der Waals surface area (Å²) in [6, 6.07) is 7.67. The Morgan fingerprint density at radius 1 is 1.40 bits per heavy atom.